The van der Waals surface area contributed by atoms with E-state index in [1.54, 1.807) is 0 Å². The summed E-state index contributed by atoms with van der Waals surface area (Å²) in [7, 11) is 0. The number of carbonyl (C=O) groups is 3. The Bertz CT molecular complexity index is 928. The number of fused-ring (bicyclic) bond motifs is 3. The lowest BCUT2D eigenvalue weighted by Crippen LogP contribution is -2.53. The lowest BCUT2D eigenvalue weighted by Gasteiger charge is -2.24. The van der Waals surface area contributed by atoms with E-state index in [9.17, 15) is 14.4 Å². The average molecular weight is 424 g/mol. The Morgan fingerprint density at radius 3 is 2.03 bits per heavy atom. The highest BCUT2D eigenvalue weighted by Gasteiger charge is 2.31. The zero-order valence-corrected chi connectivity index (χ0v) is 17.9. The number of carboxylic acid groups (broad SMARTS) is 1. The van der Waals surface area contributed by atoms with Crippen LogP contribution in [0.4, 0.5) is 4.79 Å². The number of rotatable bonds is 8. The van der Waals surface area contributed by atoms with Gasteiger partial charge in [-0.3, -0.25) is 9.59 Å². The number of benzene rings is 2. The van der Waals surface area contributed by atoms with Gasteiger partial charge < -0.3 is 20.5 Å². The summed E-state index contributed by atoms with van der Waals surface area (Å²) in [6.45, 7) is 5.23. The highest BCUT2D eigenvalue weighted by atomic mass is 16.5. The monoisotopic (exact) mass is 424 g/mol. The molecule has 0 aromatic heterocycles. The molecule has 0 bridgehead atoms. The number of carboxylic acids is 1. The van der Waals surface area contributed by atoms with Gasteiger partial charge in [-0.25, -0.2) is 4.79 Å². The molecule has 0 aliphatic heterocycles. The van der Waals surface area contributed by atoms with Gasteiger partial charge in [0.25, 0.3) is 0 Å². The molecule has 1 aliphatic rings. The number of carbonyl (C=O) groups excluding carboxylic acids is 2. The summed E-state index contributed by atoms with van der Waals surface area (Å²) in [5.74, 6) is -1.96. The Kier molecular flexibility index (Phi) is 6.95. The Labute approximate surface area is 181 Å². The van der Waals surface area contributed by atoms with Crippen LogP contribution in [0.1, 0.15) is 44.2 Å². The molecule has 0 saturated heterocycles. The number of ether oxygens (including phenoxy) is 1. The molecule has 0 heterocycles. The molecule has 0 saturated carbocycles. The molecule has 1 aliphatic carbocycles. The predicted octanol–water partition coefficient (Wildman–Crippen LogP) is 3.53. The first kappa shape index (κ1) is 22.3. The zero-order valence-electron chi connectivity index (χ0n) is 17.9. The van der Waals surface area contributed by atoms with Crippen molar-refractivity contribution >= 4 is 18.0 Å². The van der Waals surface area contributed by atoms with Crippen LogP contribution in [-0.2, 0) is 14.3 Å². The van der Waals surface area contributed by atoms with Crippen molar-refractivity contribution in [2.24, 2.45) is 5.92 Å². The molecular weight excluding hydrogens is 396 g/mol. The van der Waals surface area contributed by atoms with Gasteiger partial charge in [-0.1, -0.05) is 68.8 Å². The molecule has 2 aromatic carbocycles. The minimum absolute atomic E-state index is 0.0824. The second kappa shape index (κ2) is 9.64. The van der Waals surface area contributed by atoms with Crippen molar-refractivity contribution in [3.8, 4) is 11.1 Å². The maximum absolute atomic E-state index is 12.5. The molecule has 3 rings (SSSR count). The lowest BCUT2D eigenvalue weighted by molar-refractivity contribution is -0.141. The van der Waals surface area contributed by atoms with Crippen LogP contribution >= 0.6 is 0 Å². The van der Waals surface area contributed by atoms with Crippen molar-refractivity contribution < 1.29 is 24.2 Å². The first-order chi connectivity index (χ1) is 14.8. The van der Waals surface area contributed by atoms with Crippen LogP contribution in [0.5, 0.6) is 0 Å². The van der Waals surface area contributed by atoms with Gasteiger partial charge in [0.1, 0.15) is 18.7 Å². The van der Waals surface area contributed by atoms with Crippen LogP contribution in [0.2, 0.25) is 0 Å². The topological polar surface area (TPSA) is 105 Å². The molecular formula is C24H28N2O5. The van der Waals surface area contributed by atoms with Gasteiger partial charge in [-0.2, -0.15) is 0 Å². The van der Waals surface area contributed by atoms with Gasteiger partial charge in [-0.15, -0.1) is 0 Å². The molecule has 2 amide bonds. The molecule has 31 heavy (non-hydrogen) atoms. The fourth-order valence-corrected chi connectivity index (χ4v) is 3.83. The average Bonchev–Trinajstić information content (AvgIpc) is 3.09. The van der Waals surface area contributed by atoms with E-state index in [1.807, 2.05) is 50.2 Å². The summed E-state index contributed by atoms with van der Waals surface area (Å²) >= 11 is 0. The van der Waals surface area contributed by atoms with E-state index in [1.165, 1.54) is 6.92 Å². The number of amides is 2. The number of nitrogens with one attached hydrogen (secondary N) is 2. The summed E-state index contributed by atoms with van der Waals surface area (Å²) in [5, 5.41) is 14.1. The Balaban J connectivity index is 1.68. The minimum Gasteiger partial charge on any atom is -0.480 e. The fraction of sp³-hybridized carbons (Fsp3) is 0.375. The molecule has 3 atom stereocenters. The van der Waals surface area contributed by atoms with Crippen molar-refractivity contribution in [1.82, 2.24) is 10.6 Å². The summed E-state index contributed by atoms with van der Waals surface area (Å²) in [5.41, 5.74) is 4.46. The van der Waals surface area contributed by atoms with Crippen molar-refractivity contribution in [3.63, 3.8) is 0 Å². The Morgan fingerprint density at radius 1 is 0.968 bits per heavy atom. The van der Waals surface area contributed by atoms with Crippen LogP contribution in [0.15, 0.2) is 48.5 Å². The molecule has 164 valence electrons. The van der Waals surface area contributed by atoms with Gasteiger partial charge in [0.2, 0.25) is 5.91 Å². The third-order valence-electron chi connectivity index (χ3n) is 5.84. The van der Waals surface area contributed by atoms with Crippen molar-refractivity contribution in [3.05, 3.63) is 59.7 Å². The predicted molar refractivity (Wildman–Crippen MR) is 117 cm³/mol. The lowest BCUT2D eigenvalue weighted by atomic mass is 9.98. The second-order valence-electron chi connectivity index (χ2n) is 7.90. The van der Waals surface area contributed by atoms with E-state index in [-0.39, 0.29) is 18.4 Å². The minimum atomic E-state index is -1.14. The maximum atomic E-state index is 12.5. The molecule has 3 N–H and O–H groups in total. The summed E-state index contributed by atoms with van der Waals surface area (Å²) < 4.78 is 5.52. The standard InChI is InChI=1S/C24H28N2O5/c1-4-14(2)21(22(27)25-15(3)23(28)29)26-24(30)31-13-20-18-11-7-5-9-16(18)17-10-6-8-12-19(17)20/h5-12,14-15,20-21H,4,13H2,1-3H3,(H,25,27)(H,26,30)(H,28,29). The zero-order chi connectivity index (χ0) is 22.5. The number of hydrogen-bond donors (Lipinski definition) is 3. The van der Waals surface area contributed by atoms with Crippen molar-refractivity contribution in [2.75, 3.05) is 6.61 Å². The van der Waals surface area contributed by atoms with E-state index in [4.69, 9.17) is 9.84 Å². The summed E-state index contributed by atoms with van der Waals surface area (Å²) in [6.07, 6.45) is -0.0753. The van der Waals surface area contributed by atoms with Crippen LogP contribution < -0.4 is 10.6 Å². The van der Waals surface area contributed by atoms with E-state index in [0.717, 1.165) is 22.3 Å². The first-order valence-corrected chi connectivity index (χ1v) is 10.5. The fourth-order valence-electron chi connectivity index (χ4n) is 3.83. The van der Waals surface area contributed by atoms with E-state index < -0.39 is 30.1 Å². The summed E-state index contributed by atoms with van der Waals surface area (Å²) in [4.78, 5) is 36.1. The highest BCUT2D eigenvalue weighted by Crippen LogP contribution is 2.44. The van der Waals surface area contributed by atoms with E-state index in [0.29, 0.717) is 6.42 Å². The third-order valence-corrected chi connectivity index (χ3v) is 5.84. The SMILES string of the molecule is CCC(C)C(NC(=O)OCC1c2ccccc2-c2ccccc21)C(=O)NC(C)C(=O)O. The number of alkyl carbamates (subject to hydrolysis) is 1. The van der Waals surface area contributed by atoms with Crippen LogP contribution in [-0.4, -0.2) is 41.8 Å². The largest absolute Gasteiger partial charge is 0.480 e. The van der Waals surface area contributed by atoms with Gasteiger partial charge in [0.15, 0.2) is 0 Å². The van der Waals surface area contributed by atoms with E-state index in [2.05, 4.69) is 22.8 Å². The van der Waals surface area contributed by atoms with Crippen molar-refractivity contribution in [1.29, 1.82) is 0 Å². The van der Waals surface area contributed by atoms with Crippen LogP contribution in [0.3, 0.4) is 0 Å². The Morgan fingerprint density at radius 2 is 1.52 bits per heavy atom. The smallest absolute Gasteiger partial charge is 0.407 e. The normalized spacial score (nSPS) is 15.2. The highest BCUT2D eigenvalue weighted by molar-refractivity contribution is 5.89. The maximum Gasteiger partial charge on any atom is 0.407 e. The number of aliphatic carboxylic acids is 1. The third kappa shape index (κ3) is 4.87. The summed E-state index contributed by atoms with van der Waals surface area (Å²) in [6, 6.07) is 14.1. The van der Waals surface area contributed by atoms with Crippen LogP contribution in [0, 0.1) is 5.92 Å². The molecule has 0 fully saturated rings. The molecule has 3 unspecified atom stereocenters. The van der Waals surface area contributed by atoms with Gasteiger partial charge in [0.05, 0.1) is 0 Å². The van der Waals surface area contributed by atoms with E-state index >= 15 is 0 Å². The first-order valence-electron chi connectivity index (χ1n) is 10.5. The molecule has 0 spiro atoms. The van der Waals surface area contributed by atoms with Gasteiger partial charge in [-0.05, 0) is 35.1 Å². The van der Waals surface area contributed by atoms with Crippen LogP contribution in [0.25, 0.3) is 11.1 Å². The molecule has 2 aromatic rings. The number of hydrogen-bond acceptors (Lipinski definition) is 4. The quantitative estimate of drug-likeness (QED) is 0.601. The molecule has 0 radical (unpaired) electrons. The molecule has 7 heteroatoms. The second-order valence-corrected chi connectivity index (χ2v) is 7.90. The molecule has 7 nitrogen and oxygen atoms in total. The van der Waals surface area contributed by atoms with Gasteiger partial charge >= 0.3 is 12.1 Å². The van der Waals surface area contributed by atoms with Gasteiger partial charge in [0, 0.05) is 5.92 Å². The van der Waals surface area contributed by atoms with Crippen molar-refractivity contribution in [2.45, 2.75) is 45.2 Å². The Hall–Kier alpha value is -3.35.